The third-order valence-electron chi connectivity index (χ3n) is 2.65. The topological polar surface area (TPSA) is 58.9 Å². The second-order valence-electron chi connectivity index (χ2n) is 3.89. The largest absolute Gasteiger partial charge is 0.394 e. The van der Waals surface area contributed by atoms with Crippen molar-refractivity contribution in [3.63, 3.8) is 0 Å². The summed E-state index contributed by atoms with van der Waals surface area (Å²) in [5, 5.41) is 18.4. The van der Waals surface area contributed by atoms with Gasteiger partial charge in [-0.3, -0.25) is 0 Å². The summed E-state index contributed by atoms with van der Waals surface area (Å²) in [5.74, 6) is 0. The highest BCUT2D eigenvalue weighted by molar-refractivity contribution is 5.13. The molecule has 3 atom stereocenters. The van der Waals surface area contributed by atoms with Crippen LogP contribution in [-0.4, -0.2) is 35.3 Å². The van der Waals surface area contributed by atoms with Gasteiger partial charge in [0.05, 0.1) is 19.3 Å². The lowest BCUT2D eigenvalue weighted by molar-refractivity contribution is -0.149. The van der Waals surface area contributed by atoms with Gasteiger partial charge in [0, 0.05) is 6.42 Å². The van der Waals surface area contributed by atoms with E-state index in [1.165, 1.54) is 0 Å². The van der Waals surface area contributed by atoms with Crippen LogP contribution in [0.25, 0.3) is 0 Å². The Morgan fingerprint density at radius 2 is 2.06 bits per heavy atom. The summed E-state index contributed by atoms with van der Waals surface area (Å²) in [4.78, 5) is 0. The van der Waals surface area contributed by atoms with E-state index in [9.17, 15) is 5.11 Å². The van der Waals surface area contributed by atoms with Gasteiger partial charge in [0.1, 0.15) is 6.10 Å². The summed E-state index contributed by atoms with van der Waals surface area (Å²) < 4.78 is 10.8. The van der Waals surface area contributed by atoms with Crippen LogP contribution in [0.15, 0.2) is 30.3 Å². The van der Waals surface area contributed by atoms with Crippen molar-refractivity contribution < 1.29 is 19.7 Å². The lowest BCUT2D eigenvalue weighted by Crippen LogP contribution is -2.24. The molecule has 1 aromatic rings. The molecule has 1 fully saturated rings. The first-order valence-corrected chi connectivity index (χ1v) is 5.39. The number of rotatable bonds is 4. The number of aliphatic hydroxyl groups excluding tert-OH is 2. The van der Waals surface area contributed by atoms with Crippen molar-refractivity contribution in [3.8, 4) is 0 Å². The molecule has 1 unspecified atom stereocenters. The minimum atomic E-state index is -0.634. The molecule has 0 aromatic heterocycles. The Bertz CT molecular complexity index is 314. The molecule has 2 rings (SSSR count). The van der Waals surface area contributed by atoms with Crippen LogP contribution in [0.3, 0.4) is 0 Å². The van der Waals surface area contributed by atoms with E-state index in [0.29, 0.717) is 13.0 Å². The van der Waals surface area contributed by atoms with Crippen molar-refractivity contribution >= 4 is 0 Å². The first-order valence-electron chi connectivity index (χ1n) is 5.39. The van der Waals surface area contributed by atoms with Crippen LogP contribution in [-0.2, 0) is 16.1 Å². The fraction of sp³-hybridized carbons (Fsp3) is 0.500. The second-order valence-corrected chi connectivity index (χ2v) is 3.89. The highest BCUT2D eigenvalue weighted by Gasteiger charge is 2.33. The molecule has 0 aliphatic carbocycles. The third-order valence-corrected chi connectivity index (χ3v) is 2.65. The van der Waals surface area contributed by atoms with Gasteiger partial charge in [0.15, 0.2) is 6.29 Å². The van der Waals surface area contributed by atoms with Crippen molar-refractivity contribution in [2.75, 3.05) is 6.61 Å². The zero-order chi connectivity index (χ0) is 11.4. The van der Waals surface area contributed by atoms with Crippen LogP contribution in [0.5, 0.6) is 0 Å². The molecule has 0 spiro atoms. The molecule has 1 heterocycles. The summed E-state index contributed by atoms with van der Waals surface area (Å²) in [5.41, 5.74) is 1.06. The standard InChI is InChI=1S/C12H16O4/c13-7-11-10(14)6-12(16-11)15-8-9-4-2-1-3-5-9/h1-5,10-14H,6-8H2/t10-,11+,12?/m0/s1. The van der Waals surface area contributed by atoms with E-state index in [0.717, 1.165) is 5.56 Å². The Kier molecular flexibility index (Phi) is 3.90. The van der Waals surface area contributed by atoms with E-state index in [-0.39, 0.29) is 6.61 Å². The van der Waals surface area contributed by atoms with Crippen molar-refractivity contribution in [2.45, 2.75) is 31.5 Å². The maximum atomic E-state index is 9.49. The second kappa shape index (κ2) is 5.41. The highest BCUT2D eigenvalue weighted by atomic mass is 16.7. The Balaban J connectivity index is 1.80. The first kappa shape index (κ1) is 11.5. The average molecular weight is 224 g/mol. The van der Waals surface area contributed by atoms with E-state index < -0.39 is 18.5 Å². The summed E-state index contributed by atoms with van der Waals surface area (Å²) >= 11 is 0. The molecular formula is C12H16O4. The number of benzene rings is 1. The Morgan fingerprint density at radius 3 is 2.69 bits per heavy atom. The fourth-order valence-corrected chi connectivity index (χ4v) is 1.73. The van der Waals surface area contributed by atoms with Gasteiger partial charge in [-0.1, -0.05) is 30.3 Å². The normalized spacial score (nSPS) is 29.5. The van der Waals surface area contributed by atoms with Crippen LogP contribution in [0, 0.1) is 0 Å². The van der Waals surface area contributed by atoms with Crippen molar-refractivity contribution in [1.29, 1.82) is 0 Å². The number of aliphatic hydroxyl groups is 2. The molecule has 1 aromatic carbocycles. The predicted molar refractivity (Wildman–Crippen MR) is 57.6 cm³/mol. The Labute approximate surface area is 94.4 Å². The van der Waals surface area contributed by atoms with Crippen LogP contribution >= 0.6 is 0 Å². The predicted octanol–water partition coefficient (Wildman–Crippen LogP) is 0.671. The monoisotopic (exact) mass is 224 g/mol. The minimum absolute atomic E-state index is 0.174. The van der Waals surface area contributed by atoms with E-state index in [2.05, 4.69) is 0 Å². The van der Waals surface area contributed by atoms with Crippen LogP contribution in [0.1, 0.15) is 12.0 Å². The minimum Gasteiger partial charge on any atom is -0.394 e. The lowest BCUT2D eigenvalue weighted by atomic mass is 10.2. The summed E-state index contributed by atoms with van der Waals surface area (Å²) in [6.45, 7) is 0.280. The average Bonchev–Trinajstić information content (AvgIpc) is 2.69. The zero-order valence-corrected chi connectivity index (χ0v) is 8.95. The van der Waals surface area contributed by atoms with Crippen LogP contribution < -0.4 is 0 Å². The molecule has 4 nitrogen and oxygen atoms in total. The van der Waals surface area contributed by atoms with E-state index in [4.69, 9.17) is 14.6 Å². The maximum Gasteiger partial charge on any atom is 0.161 e. The smallest absolute Gasteiger partial charge is 0.161 e. The summed E-state index contributed by atoms with van der Waals surface area (Å²) in [6.07, 6.45) is -1.16. The van der Waals surface area contributed by atoms with Gasteiger partial charge in [-0.15, -0.1) is 0 Å². The molecule has 88 valence electrons. The number of hydrogen-bond acceptors (Lipinski definition) is 4. The quantitative estimate of drug-likeness (QED) is 0.789. The molecule has 0 saturated carbocycles. The molecule has 1 aliphatic heterocycles. The fourth-order valence-electron chi connectivity index (χ4n) is 1.73. The molecule has 0 radical (unpaired) electrons. The van der Waals surface area contributed by atoms with Gasteiger partial charge in [0.2, 0.25) is 0 Å². The SMILES string of the molecule is OC[C@H]1OC(OCc2ccccc2)C[C@@H]1O. The molecule has 16 heavy (non-hydrogen) atoms. The van der Waals surface area contributed by atoms with Gasteiger partial charge in [0.25, 0.3) is 0 Å². The Hall–Kier alpha value is -0.940. The van der Waals surface area contributed by atoms with Crippen molar-refractivity contribution in [1.82, 2.24) is 0 Å². The molecule has 4 heteroatoms. The first-order chi connectivity index (χ1) is 7.79. The highest BCUT2D eigenvalue weighted by Crippen LogP contribution is 2.21. The van der Waals surface area contributed by atoms with Crippen LogP contribution in [0.2, 0.25) is 0 Å². The van der Waals surface area contributed by atoms with Gasteiger partial charge in [-0.25, -0.2) is 0 Å². The van der Waals surface area contributed by atoms with Gasteiger partial charge in [-0.05, 0) is 5.56 Å². The van der Waals surface area contributed by atoms with E-state index >= 15 is 0 Å². The van der Waals surface area contributed by atoms with Gasteiger partial charge < -0.3 is 19.7 Å². The van der Waals surface area contributed by atoms with E-state index in [1.54, 1.807) is 0 Å². The van der Waals surface area contributed by atoms with Crippen molar-refractivity contribution in [2.24, 2.45) is 0 Å². The molecule has 1 aliphatic rings. The lowest BCUT2D eigenvalue weighted by Gasteiger charge is -2.12. The van der Waals surface area contributed by atoms with Gasteiger partial charge >= 0.3 is 0 Å². The zero-order valence-electron chi connectivity index (χ0n) is 8.95. The van der Waals surface area contributed by atoms with Crippen LogP contribution in [0.4, 0.5) is 0 Å². The Morgan fingerprint density at radius 1 is 1.31 bits per heavy atom. The summed E-state index contributed by atoms with van der Waals surface area (Å²) in [6, 6.07) is 9.77. The number of ether oxygens (including phenoxy) is 2. The van der Waals surface area contributed by atoms with Gasteiger partial charge in [-0.2, -0.15) is 0 Å². The van der Waals surface area contributed by atoms with Crippen molar-refractivity contribution in [3.05, 3.63) is 35.9 Å². The molecule has 0 amide bonds. The maximum absolute atomic E-state index is 9.49. The molecular weight excluding hydrogens is 208 g/mol. The number of hydrogen-bond donors (Lipinski definition) is 2. The summed E-state index contributed by atoms with van der Waals surface area (Å²) in [7, 11) is 0. The molecule has 2 N–H and O–H groups in total. The molecule has 0 bridgehead atoms. The molecule has 1 saturated heterocycles. The van der Waals surface area contributed by atoms with E-state index in [1.807, 2.05) is 30.3 Å². The third kappa shape index (κ3) is 2.80.